The van der Waals surface area contributed by atoms with Crippen LogP contribution in [-0.4, -0.2) is 35.1 Å². The summed E-state index contributed by atoms with van der Waals surface area (Å²) in [6.07, 6.45) is 2.38. The lowest BCUT2D eigenvalue weighted by Gasteiger charge is -2.38. The normalized spacial score (nSPS) is 25.1. The summed E-state index contributed by atoms with van der Waals surface area (Å²) in [5, 5.41) is 7.03. The molecule has 4 heteroatoms. The van der Waals surface area contributed by atoms with E-state index in [1.807, 2.05) is 11.3 Å². The number of thiazole rings is 1. The molecule has 1 saturated heterocycles. The van der Waals surface area contributed by atoms with E-state index < -0.39 is 0 Å². The second kappa shape index (κ2) is 6.82. The fourth-order valence-electron chi connectivity index (χ4n) is 2.62. The maximum atomic E-state index is 4.80. The summed E-state index contributed by atoms with van der Waals surface area (Å²) < 4.78 is 0. The fraction of sp³-hybridized carbons (Fsp3) is 0.800. The van der Waals surface area contributed by atoms with E-state index in [0.717, 1.165) is 32.0 Å². The molecule has 1 aliphatic rings. The van der Waals surface area contributed by atoms with E-state index in [2.05, 4.69) is 43.3 Å². The standard InChI is InChI=1S/C15H27N3S/c1-11(2)5-6-15-17-14(10-19-15)9-18-12(3)7-16-8-13(18)4/h10-13,16H,5-9H2,1-4H3/t12-,13+. The van der Waals surface area contributed by atoms with Gasteiger partial charge < -0.3 is 5.32 Å². The predicted molar refractivity (Wildman–Crippen MR) is 82.6 cm³/mol. The van der Waals surface area contributed by atoms with Gasteiger partial charge in [-0.1, -0.05) is 13.8 Å². The summed E-state index contributed by atoms with van der Waals surface area (Å²) in [5.74, 6) is 0.764. The summed E-state index contributed by atoms with van der Waals surface area (Å²) in [7, 11) is 0. The molecule has 19 heavy (non-hydrogen) atoms. The zero-order chi connectivity index (χ0) is 13.8. The van der Waals surface area contributed by atoms with Crippen LogP contribution in [0.4, 0.5) is 0 Å². The van der Waals surface area contributed by atoms with Crippen molar-refractivity contribution in [1.29, 1.82) is 0 Å². The number of nitrogens with zero attached hydrogens (tertiary/aromatic N) is 2. The minimum absolute atomic E-state index is 0.601. The Morgan fingerprint density at radius 2 is 2.05 bits per heavy atom. The van der Waals surface area contributed by atoms with Crippen LogP contribution in [-0.2, 0) is 13.0 Å². The van der Waals surface area contributed by atoms with Gasteiger partial charge in [-0.3, -0.25) is 4.90 Å². The van der Waals surface area contributed by atoms with Crippen molar-refractivity contribution in [3.63, 3.8) is 0 Å². The van der Waals surface area contributed by atoms with Crippen LogP contribution in [0.3, 0.4) is 0 Å². The Labute approximate surface area is 121 Å². The van der Waals surface area contributed by atoms with E-state index in [1.165, 1.54) is 17.1 Å². The molecule has 0 saturated carbocycles. The number of hydrogen-bond acceptors (Lipinski definition) is 4. The Morgan fingerprint density at radius 1 is 1.37 bits per heavy atom. The van der Waals surface area contributed by atoms with Crippen molar-refractivity contribution < 1.29 is 0 Å². The van der Waals surface area contributed by atoms with Gasteiger partial charge >= 0.3 is 0 Å². The van der Waals surface area contributed by atoms with E-state index in [1.54, 1.807) is 0 Å². The largest absolute Gasteiger partial charge is 0.314 e. The monoisotopic (exact) mass is 281 g/mol. The number of nitrogens with one attached hydrogen (secondary N) is 1. The number of hydrogen-bond donors (Lipinski definition) is 1. The summed E-state index contributed by atoms with van der Waals surface area (Å²) in [6, 6.07) is 1.20. The third-order valence-electron chi connectivity index (χ3n) is 3.89. The van der Waals surface area contributed by atoms with Gasteiger partial charge in [-0.25, -0.2) is 4.98 Å². The van der Waals surface area contributed by atoms with E-state index in [4.69, 9.17) is 4.98 Å². The molecule has 0 spiro atoms. The molecule has 108 valence electrons. The first-order valence-electron chi connectivity index (χ1n) is 7.46. The van der Waals surface area contributed by atoms with Crippen LogP contribution in [0, 0.1) is 5.92 Å². The van der Waals surface area contributed by atoms with Crippen molar-refractivity contribution in [2.24, 2.45) is 5.92 Å². The fourth-order valence-corrected chi connectivity index (χ4v) is 3.42. The van der Waals surface area contributed by atoms with Gasteiger partial charge in [-0.15, -0.1) is 11.3 Å². The van der Waals surface area contributed by atoms with Crippen molar-refractivity contribution in [2.45, 2.75) is 59.2 Å². The smallest absolute Gasteiger partial charge is 0.0928 e. The van der Waals surface area contributed by atoms with Gasteiger partial charge in [0.1, 0.15) is 0 Å². The highest BCUT2D eigenvalue weighted by molar-refractivity contribution is 7.09. The minimum Gasteiger partial charge on any atom is -0.314 e. The Balaban J connectivity index is 1.91. The van der Waals surface area contributed by atoms with Gasteiger partial charge in [-0.2, -0.15) is 0 Å². The van der Waals surface area contributed by atoms with Crippen LogP contribution in [0.15, 0.2) is 5.38 Å². The van der Waals surface area contributed by atoms with Crippen LogP contribution in [0.2, 0.25) is 0 Å². The lowest BCUT2D eigenvalue weighted by Crippen LogP contribution is -2.54. The summed E-state index contributed by atoms with van der Waals surface area (Å²) in [5.41, 5.74) is 1.25. The maximum Gasteiger partial charge on any atom is 0.0928 e. The third-order valence-corrected chi connectivity index (χ3v) is 4.85. The number of aryl methyl sites for hydroxylation is 1. The van der Waals surface area contributed by atoms with Crippen LogP contribution >= 0.6 is 11.3 Å². The first-order chi connectivity index (χ1) is 9.06. The second-order valence-corrected chi connectivity index (χ2v) is 7.14. The molecule has 2 atom stereocenters. The molecule has 0 unspecified atom stereocenters. The zero-order valence-electron chi connectivity index (χ0n) is 12.6. The number of rotatable bonds is 5. The van der Waals surface area contributed by atoms with Crippen LogP contribution < -0.4 is 5.32 Å². The van der Waals surface area contributed by atoms with Gasteiger partial charge in [0.25, 0.3) is 0 Å². The molecule has 0 amide bonds. The third kappa shape index (κ3) is 4.26. The predicted octanol–water partition coefficient (Wildman–Crippen LogP) is 2.91. The Hall–Kier alpha value is -0.450. The Kier molecular flexibility index (Phi) is 5.37. The SMILES string of the molecule is CC(C)CCc1nc(CN2[C@H](C)CNC[C@@H]2C)cs1. The van der Waals surface area contributed by atoms with Gasteiger partial charge in [-0.05, 0) is 32.6 Å². The van der Waals surface area contributed by atoms with Crippen molar-refractivity contribution in [1.82, 2.24) is 15.2 Å². The van der Waals surface area contributed by atoms with Crippen LogP contribution in [0.25, 0.3) is 0 Å². The quantitative estimate of drug-likeness (QED) is 0.899. The van der Waals surface area contributed by atoms with E-state index in [-0.39, 0.29) is 0 Å². The average Bonchev–Trinajstić information content (AvgIpc) is 2.79. The molecule has 1 aromatic heterocycles. The molecule has 3 nitrogen and oxygen atoms in total. The minimum atomic E-state index is 0.601. The second-order valence-electron chi connectivity index (χ2n) is 6.19. The molecule has 1 aliphatic heterocycles. The molecule has 1 aromatic rings. The summed E-state index contributed by atoms with van der Waals surface area (Å²) in [6.45, 7) is 12.3. The Bertz CT molecular complexity index is 378. The Morgan fingerprint density at radius 3 is 2.68 bits per heavy atom. The van der Waals surface area contributed by atoms with Crippen molar-refractivity contribution >= 4 is 11.3 Å². The molecule has 2 heterocycles. The number of aromatic nitrogens is 1. The molecule has 0 radical (unpaired) electrons. The van der Waals surface area contributed by atoms with Crippen molar-refractivity contribution in [2.75, 3.05) is 13.1 Å². The van der Waals surface area contributed by atoms with Gasteiger partial charge in [0, 0.05) is 37.1 Å². The summed E-state index contributed by atoms with van der Waals surface area (Å²) >= 11 is 1.83. The van der Waals surface area contributed by atoms with Crippen molar-refractivity contribution in [3.8, 4) is 0 Å². The summed E-state index contributed by atoms with van der Waals surface area (Å²) in [4.78, 5) is 7.37. The van der Waals surface area contributed by atoms with E-state index >= 15 is 0 Å². The molecule has 1 fully saturated rings. The molecule has 1 N–H and O–H groups in total. The topological polar surface area (TPSA) is 28.2 Å². The lowest BCUT2D eigenvalue weighted by molar-refractivity contribution is 0.107. The molecule has 2 rings (SSSR count). The maximum absolute atomic E-state index is 4.80. The van der Waals surface area contributed by atoms with E-state index in [0.29, 0.717) is 12.1 Å². The molecule has 0 aliphatic carbocycles. The highest BCUT2D eigenvalue weighted by Crippen LogP contribution is 2.18. The average molecular weight is 281 g/mol. The highest BCUT2D eigenvalue weighted by atomic mass is 32.1. The molecular weight excluding hydrogens is 254 g/mol. The molecular formula is C15H27N3S. The van der Waals surface area contributed by atoms with Crippen LogP contribution in [0.5, 0.6) is 0 Å². The zero-order valence-corrected chi connectivity index (χ0v) is 13.5. The van der Waals surface area contributed by atoms with Crippen molar-refractivity contribution in [3.05, 3.63) is 16.1 Å². The van der Waals surface area contributed by atoms with Gasteiger partial charge in [0.15, 0.2) is 0 Å². The van der Waals surface area contributed by atoms with Gasteiger partial charge in [0.2, 0.25) is 0 Å². The first kappa shape index (κ1) is 14.9. The molecule has 0 aromatic carbocycles. The molecule has 0 bridgehead atoms. The first-order valence-corrected chi connectivity index (χ1v) is 8.34. The van der Waals surface area contributed by atoms with E-state index in [9.17, 15) is 0 Å². The lowest BCUT2D eigenvalue weighted by atomic mass is 10.1. The number of piperazine rings is 1. The highest BCUT2D eigenvalue weighted by Gasteiger charge is 2.24. The van der Waals surface area contributed by atoms with Gasteiger partial charge in [0.05, 0.1) is 10.7 Å². The van der Waals surface area contributed by atoms with Crippen LogP contribution in [0.1, 0.15) is 44.8 Å².